The first-order chi connectivity index (χ1) is 8.75. The lowest BCUT2D eigenvalue weighted by atomic mass is 10.2. The van der Waals surface area contributed by atoms with Crippen LogP contribution in [0.1, 0.15) is 29.6 Å². The third-order valence-electron chi connectivity index (χ3n) is 3.31. The Bertz CT molecular complexity index is 383. The van der Waals surface area contributed by atoms with E-state index in [-0.39, 0.29) is 5.91 Å². The molecule has 0 atom stereocenters. The molecule has 0 unspecified atom stereocenters. The molecule has 0 aliphatic carbocycles. The number of amides is 1. The Kier molecular flexibility index (Phi) is 4.59. The molecule has 0 radical (unpaired) electrons. The van der Waals surface area contributed by atoms with E-state index in [1.165, 1.54) is 25.9 Å². The van der Waals surface area contributed by atoms with Crippen molar-refractivity contribution in [1.29, 1.82) is 0 Å². The fourth-order valence-corrected chi connectivity index (χ4v) is 2.25. The van der Waals surface area contributed by atoms with Gasteiger partial charge in [0.05, 0.1) is 0 Å². The lowest BCUT2D eigenvalue weighted by molar-refractivity contribution is 0.0952. The molecule has 4 heteroatoms. The maximum atomic E-state index is 11.8. The molecule has 1 saturated heterocycles. The molecule has 1 fully saturated rings. The molecular formula is C14H21N3O. The average Bonchev–Trinajstić information content (AvgIpc) is 2.88. The fourth-order valence-electron chi connectivity index (χ4n) is 2.25. The lowest BCUT2D eigenvalue weighted by Crippen LogP contribution is -2.28. The minimum atomic E-state index is -0.0172. The molecule has 1 aliphatic rings. The second-order valence-corrected chi connectivity index (χ2v) is 4.78. The molecule has 1 aromatic carbocycles. The maximum Gasteiger partial charge on any atom is 0.251 e. The minimum absolute atomic E-state index is 0.0172. The van der Waals surface area contributed by atoms with Crippen LogP contribution in [0, 0.1) is 0 Å². The predicted molar refractivity (Wildman–Crippen MR) is 73.5 cm³/mol. The summed E-state index contributed by atoms with van der Waals surface area (Å²) in [5, 5.41) is 2.94. The number of hydrogen-bond donors (Lipinski definition) is 2. The lowest BCUT2D eigenvalue weighted by Gasteiger charge is -2.14. The van der Waals surface area contributed by atoms with Gasteiger partial charge in [0.15, 0.2) is 0 Å². The van der Waals surface area contributed by atoms with E-state index >= 15 is 0 Å². The van der Waals surface area contributed by atoms with Gasteiger partial charge in [0, 0.05) is 17.8 Å². The van der Waals surface area contributed by atoms with Crippen LogP contribution in [-0.4, -0.2) is 37.0 Å². The Morgan fingerprint density at radius 3 is 2.56 bits per heavy atom. The summed E-state index contributed by atoms with van der Waals surface area (Å²) in [4.78, 5) is 14.2. The molecule has 1 aliphatic heterocycles. The molecule has 0 spiro atoms. The number of nitrogens with one attached hydrogen (secondary N) is 1. The zero-order valence-electron chi connectivity index (χ0n) is 10.7. The van der Waals surface area contributed by atoms with Crippen LogP contribution < -0.4 is 11.1 Å². The number of nitrogen functional groups attached to an aromatic ring is 1. The van der Waals surface area contributed by atoms with Crippen LogP contribution in [0.3, 0.4) is 0 Å². The van der Waals surface area contributed by atoms with Gasteiger partial charge in [-0.2, -0.15) is 0 Å². The molecule has 98 valence electrons. The van der Waals surface area contributed by atoms with Gasteiger partial charge in [-0.25, -0.2) is 0 Å². The van der Waals surface area contributed by atoms with Crippen LogP contribution in [-0.2, 0) is 0 Å². The number of nitrogens with two attached hydrogens (primary N) is 1. The van der Waals surface area contributed by atoms with Crippen molar-refractivity contribution in [2.24, 2.45) is 0 Å². The van der Waals surface area contributed by atoms with Gasteiger partial charge in [-0.15, -0.1) is 0 Å². The second kappa shape index (κ2) is 6.40. The molecule has 0 bridgehead atoms. The van der Waals surface area contributed by atoms with Gasteiger partial charge >= 0.3 is 0 Å². The highest BCUT2D eigenvalue weighted by atomic mass is 16.1. The fraction of sp³-hybridized carbons (Fsp3) is 0.500. The van der Waals surface area contributed by atoms with Gasteiger partial charge < -0.3 is 16.0 Å². The smallest absolute Gasteiger partial charge is 0.251 e. The summed E-state index contributed by atoms with van der Waals surface area (Å²) < 4.78 is 0. The summed E-state index contributed by atoms with van der Waals surface area (Å²) >= 11 is 0. The van der Waals surface area contributed by atoms with Crippen molar-refractivity contribution in [3.8, 4) is 0 Å². The maximum absolute atomic E-state index is 11.8. The number of benzene rings is 1. The van der Waals surface area contributed by atoms with E-state index in [4.69, 9.17) is 5.73 Å². The summed E-state index contributed by atoms with van der Waals surface area (Å²) in [6, 6.07) is 7.01. The third-order valence-corrected chi connectivity index (χ3v) is 3.31. The summed E-state index contributed by atoms with van der Waals surface area (Å²) in [6.07, 6.45) is 3.65. The van der Waals surface area contributed by atoms with Gasteiger partial charge in [0.25, 0.3) is 5.91 Å². The SMILES string of the molecule is Nc1ccc(C(=O)NCCCN2CCCC2)cc1. The Labute approximate surface area is 108 Å². The summed E-state index contributed by atoms with van der Waals surface area (Å²) in [5.74, 6) is -0.0172. The Hall–Kier alpha value is -1.55. The first kappa shape index (κ1) is 12.9. The first-order valence-electron chi connectivity index (χ1n) is 6.62. The highest BCUT2D eigenvalue weighted by Crippen LogP contribution is 2.07. The van der Waals surface area contributed by atoms with E-state index in [2.05, 4.69) is 10.2 Å². The number of rotatable bonds is 5. The third kappa shape index (κ3) is 3.74. The average molecular weight is 247 g/mol. The Morgan fingerprint density at radius 2 is 1.89 bits per heavy atom. The van der Waals surface area contributed by atoms with Crippen LogP contribution in [0.5, 0.6) is 0 Å². The van der Waals surface area contributed by atoms with E-state index in [9.17, 15) is 4.79 Å². The van der Waals surface area contributed by atoms with Crippen LogP contribution in [0.25, 0.3) is 0 Å². The van der Waals surface area contributed by atoms with Gasteiger partial charge in [-0.05, 0) is 63.2 Å². The normalized spacial score (nSPS) is 15.8. The van der Waals surface area contributed by atoms with Crippen LogP contribution in [0.2, 0.25) is 0 Å². The van der Waals surface area contributed by atoms with Crippen LogP contribution >= 0.6 is 0 Å². The van der Waals surface area contributed by atoms with Crippen molar-refractivity contribution >= 4 is 11.6 Å². The molecule has 0 aromatic heterocycles. The zero-order valence-corrected chi connectivity index (χ0v) is 10.7. The molecular weight excluding hydrogens is 226 g/mol. The van der Waals surface area contributed by atoms with Crippen molar-refractivity contribution in [1.82, 2.24) is 10.2 Å². The molecule has 3 N–H and O–H groups in total. The Balaban J connectivity index is 1.66. The van der Waals surface area contributed by atoms with E-state index in [1.54, 1.807) is 24.3 Å². The van der Waals surface area contributed by atoms with Gasteiger partial charge in [0.1, 0.15) is 0 Å². The molecule has 4 nitrogen and oxygen atoms in total. The van der Waals surface area contributed by atoms with Crippen LogP contribution in [0.4, 0.5) is 5.69 Å². The molecule has 2 rings (SSSR count). The number of likely N-dealkylation sites (tertiary alicyclic amines) is 1. The van der Waals surface area contributed by atoms with E-state index in [0.29, 0.717) is 11.3 Å². The van der Waals surface area contributed by atoms with Crippen molar-refractivity contribution in [3.63, 3.8) is 0 Å². The second-order valence-electron chi connectivity index (χ2n) is 4.78. The van der Waals surface area contributed by atoms with Crippen LogP contribution in [0.15, 0.2) is 24.3 Å². The van der Waals surface area contributed by atoms with Gasteiger partial charge in [-0.1, -0.05) is 0 Å². The largest absolute Gasteiger partial charge is 0.399 e. The summed E-state index contributed by atoms with van der Waals surface area (Å²) in [5.41, 5.74) is 6.93. The van der Waals surface area contributed by atoms with Crippen molar-refractivity contribution in [3.05, 3.63) is 29.8 Å². The molecule has 1 amide bonds. The summed E-state index contributed by atoms with van der Waals surface area (Å²) in [7, 11) is 0. The summed E-state index contributed by atoms with van der Waals surface area (Å²) in [6.45, 7) is 4.25. The van der Waals surface area contributed by atoms with E-state index in [0.717, 1.165) is 19.5 Å². The highest BCUT2D eigenvalue weighted by molar-refractivity contribution is 5.94. The standard InChI is InChI=1S/C14H21N3O/c15-13-6-4-12(5-7-13)14(18)16-8-3-11-17-9-1-2-10-17/h4-7H,1-3,8-11,15H2,(H,16,18). The van der Waals surface area contributed by atoms with Crippen molar-refractivity contribution < 1.29 is 4.79 Å². The van der Waals surface area contributed by atoms with E-state index in [1.807, 2.05) is 0 Å². The number of carbonyl (C=O) groups excluding carboxylic acids is 1. The highest BCUT2D eigenvalue weighted by Gasteiger charge is 2.10. The molecule has 1 aromatic rings. The minimum Gasteiger partial charge on any atom is -0.399 e. The number of nitrogens with zero attached hydrogens (tertiary/aromatic N) is 1. The van der Waals surface area contributed by atoms with Crippen molar-refractivity contribution in [2.75, 3.05) is 31.9 Å². The van der Waals surface area contributed by atoms with Gasteiger partial charge in [0.2, 0.25) is 0 Å². The number of hydrogen-bond acceptors (Lipinski definition) is 3. The number of carbonyl (C=O) groups is 1. The van der Waals surface area contributed by atoms with E-state index < -0.39 is 0 Å². The van der Waals surface area contributed by atoms with Crippen molar-refractivity contribution in [2.45, 2.75) is 19.3 Å². The number of anilines is 1. The zero-order chi connectivity index (χ0) is 12.8. The van der Waals surface area contributed by atoms with Gasteiger partial charge in [-0.3, -0.25) is 4.79 Å². The quantitative estimate of drug-likeness (QED) is 0.612. The molecule has 0 saturated carbocycles. The molecule has 1 heterocycles. The monoisotopic (exact) mass is 247 g/mol. The first-order valence-corrected chi connectivity index (χ1v) is 6.62. The molecule has 18 heavy (non-hydrogen) atoms. The topological polar surface area (TPSA) is 58.4 Å². The Morgan fingerprint density at radius 1 is 1.22 bits per heavy atom. The predicted octanol–water partition coefficient (Wildman–Crippen LogP) is 1.48.